The predicted molar refractivity (Wildman–Crippen MR) is 469 cm³/mol. The van der Waals surface area contributed by atoms with E-state index in [2.05, 4.69) is 173 Å². The zero-order valence-electron chi connectivity index (χ0n) is 71.7. The summed E-state index contributed by atoms with van der Waals surface area (Å²) >= 11 is 0. The van der Waals surface area contributed by atoms with E-state index in [9.17, 15) is 13.0 Å². The second-order valence-electron chi connectivity index (χ2n) is 34.6. The number of hydrogen-bond acceptors (Lipinski definition) is 15. The van der Waals surface area contributed by atoms with Crippen LogP contribution in [0.3, 0.4) is 0 Å². The van der Waals surface area contributed by atoms with E-state index >= 15 is 0 Å². The van der Waals surface area contributed by atoms with Crippen LogP contribution in [-0.2, 0) is 29.6 Å². The van der Waals surface area contributed by atoms with E-state index in [4.69, 9.17) is 63.1 Å². The molecule has 5 heterocycles. The summed E-state index contributed by atoms with van der Waals surface area (Å²) in [5.74, 6) is 7.13. The molecule has 3 N–H and O–H groups in total. The average molecular weight is 2410 g/mol. The van der Waals surface area contributed by atoms with Crippen LogP contribution in [0.5, 0.6) is 80.5 Å². The molecule has 0 unspecified atom stereocenters. The molecular formula is C92H94I6N14O10SZn+2. The number of rotatable bonds is 21. The number of benzene rings is 11. The van der Waals surface area contributed by atoms with Crippen LogP contribution in [0.2, 0.25) is 0 Å². The number of ether oxygens (including phenoxy) is 7. The zero-order valence-corrected chi connectivity index (χ0v) is 88.5. The molecule has 0 aliphatic carbocycles. The van der Waals surface area contributed by atoms with Gasteiger partial charge in [-0.1, -0.05) is 36.4 Å². The fourth-order valence-corrected chi connectivity index (χ4v) is 14.2. The Morgan fingerprint density at radius 3 is 0.710 bits per heavy atom. The van der Waals surface area contributed by atoms with Gasteiger partial charge in [0.05, 0.1) is 132 Å². The van der Waals surface area contributed by atoms with Gasteiger partial charge in [0.25, 0.3) is 10.1 Å². The maximum atomic E-state index is 12.2. The first-order valence-electron chi connectivity index (χ1n) is 38.1. The number of quaternary nitrogens is 6. The second kappa shape index (κ2) is 38.5. The third-order valence-corrected chi connectivity index (χ3v) is 21.1. The summed E-state index contributed by atoms with van der Waals surface area (Å²) in [5.41, 5.74) is 9.47. The minimum absolute atomic E-state index is 0. The van der Waals surface area contributed by atoms with Gasteiger partial charge in [0.2, 0.25) is 0 Å². The maximum Gasteiger partial charge on any atom is 2.00 e. The van der Waals surface area contributed by atoms with Crippen LogP contribution >= 0.6 is 0 Å². The Labute approximate surface area is 837 Å². The van der Waals surface area contributed by atoms with Gasteiger partial charge in [-0.25, -0.2) is 29.9 Å². The van der Waals surface area contributed by atoms with Crippen LogP contribution in [0.15, 0.2) is 229 Å². The number of aromatic amines is 2. The topological polar surface area (TPSA) is 228 Å². The first-order valence-corrected chi connectivity index (χ1v) is 39.5. The first-order chi connectivity index (χ1) is 55.2. The third-order valence-electron chi connectivity index (χ3n) is 20.3. The van der Waals surface area contributed by atoms with Crippen molar-refractivity contribution in [3.8, 4) is 126 Å². The number of aromatic nitrogens is 8. The zero-order chi connectivity index (χ0) is 82.6. The summed E-state index contributed by atoms with van der Waals surface area (Å²) in [6, 6.07) is 70.1. The van der Waals surface area contributed by atoms with E-state index in [0.717, 1.165) is 34.1 Å². The van der Waals surface area contributed by atoms with E-state index < -0.39 is 10.1 Å². The van der Waals surface area contributed by atoms with Crippen molar-refractivity contribution in [3.63, 3.8) is 0 Å². The van der Waals surface area contributed by atoms with Crippen molar-refractivity contribution in [2.24, 2.45) is 0 Å². The Bertz CT molecular complexity index is 6670. The Morgan fingerprint density at radius 2 is 0.468 bits per heavy atom. The van der Waals surface area contributed by atoms with E-state index in [1.54, 1.807) is 6.07 Å². The van der Waals surface area contributed by atoms with Crippen molar-refractivity contribution in [3.05, 3.63) is 224 Å². The predicted octanol–water partition coefficient (Wildman–Crippen LogP) is 1.86. The maximum absolute atomic E-state index is 12.2. The molecule has 32 heteroatoms. The number of H-pyrrole nitrogens is 2. The number of hydrogen-bond donors (Lipinski definition) is 3. The van der Waals surface area contributed by atoms with E-state index in [-0.39, 0.29) is 192 Å². The minimum Gasteiger partial charge on any atom is -1.00 e. The Balaban J connectivity index is 0.00000249. The van der Waals surface area contributed by atoms with Gasteiger partial charge in [-0.3, -0.25) is 31.5 Å². The monoisotopic (exact) mass is 2410 g/mol. The van der Waals surface area contributed by atoms with Gasteiger partial charge in [0, 0.05) is 80.2 Å². The molecular weight excluding hydrogens is 2320 g/mol. The second-order valence-corrected chi connectivity index (χ2v) is 36.0. The number of nitrogens with one attached hydrogen (secondary N) is 2. The molecule has 2 aliphatic heterocycles. The van der Waals surface area contributed by atoms with Crippen molar-refractivity contribution in [1.29, 1.82) is 0 Å². The number of fused-ring (bicyclic) bond motifs is 20. The minimum atomic E-state index is -4.51. The summed E-state index contributed by atoms with van der Waals surface area (Å²) in [5, 5.41) is 2.28. The fraction of sp³-hybridized carbons (Fsp3) is 0.196. The van der Waals surface area contributed by atoms with Crippen LogP contribution in [0.1, 0.15) is 0 Å². The summed E-state index contributed by atoms with van der Waals surface area (Å²) in [6.45, 7) is 0. The SMILES string of the molecule is C[N+](C)(C)c1cccc(Oc2cc3c(cc2Oc2cccc([N+](C)(C)C)c2)-c2nc-3nc3[nH]c(nc4nc(nc5[nH]c(n2)c2cc(Oc6cccc([N+](C)(C)C)c6)c(Oc6cccc([N+](C)(C)C)c6)cc52)-c2cc(Oc5cccc([N+](C)(C)C)c5)c(Oc5cccc([N+](C)(C)C)c5)cc2-4)c2cc(Oc4ccc(S(=O)(=O)O)cc4)ccc32)c1.[I-].[I-].[I-].[I-].[I-].[I-].[Zn+2]. The smallest absolute Gasteiger partial charge is 1.00 e. The summed E-state index contributed by atoms with van der Waals surface area (Å²) in [6.07, 6.45) is 0. The summed E-state index contributed by atoms with van der Waals surface area (Å²) in [7, 11) is 33.3. The molecule has 0 spiro atoms. The van der Waals surface area contributed by atoms with Crippen LogP contribution in [0, 0.1) is 0 Å². The van der Waals surface area contributed by atoms with Crippen LogP contribution in [-0.4, -0.2) is 180 Å². The quantitative estimate of drug-likeness (QED) is 0.0404. The molecule has 11 aromatic carbocycles. The molecule has 640 valence electrons. The molecule has 0 radical (unpaired) electrons. The Morgan fingerprint density at radius 1 is 0.250 bits per heavy atom. The van der Waals surface area contributed by atoms with Crippen molar-refractivity contribution in [2.45, 2.75) is 4.90 Å². The van der Waals surface area contributed by atoms with E-state index in [1.165, 1.54) is 24.3 Å². The first kappa shape index (κ1) is 99.8. The van der Waals surface area contributed by atoms with E-state index in [1.807, 2.05) is 158 Å². The van der Waals surface area contributed by atoms with Gasteiger partial charge in [0.15, 0.2) is 57.8 Å². The standard InChI is InChI=1S/C92H93N14O10S.6HI.Zn/c1-101(2,3)56-25-19-31-63(43-56)111-79-50-73-74(51-80(79)112-64-32-20-26-57(44-64)102(4,5)6)89-96-87(73)94-85-71-42-39-69(110-62-37-40-70(41-38-62)117(107,108)109)49-72(71)86(93-85)95-88-75-52-81(113-65-33-21-27-58(45-65)103(7,8)9)82(114-66-34-22-28-59(46-66)104(10,11)12)53-76(75)90(97-88)99-92-78-55-84(116-68-36-24-30-61(48-68)106(16,17)18)83(54-77(78)91(98-89)100-92)115-67-35-23-29-60(47-67)105(13,14)15;;;;;;;/h19-55H,1-18H3,(H2-,93,94,95,96,97,98,99,100,107,108,109);6*1H;/q+5;;;;;;;+2/p-5. The van der Waals surface area contributed by atoms with Crippen LogP contribution < -0.4 is 204 Å². The molecule has 124 heavy (non-hydrogen) atoms. The molecule has 3 aromatic heterocycles. The van der Waals surface area contributed by atoms with Gasteiger partial charge in [-0.2, -0.15) is 8.42 Å². The molecule has 0 atom stereocenters. The summed E-state index contributed by atoms with van der Waals surface area (Å²) in [4.78, 5) is 40.3. The summed E-state index contributed by atoms with van der Waals surface area (Å²) < 4.78 is 86.5. The van der Waals surface area contributed by atoms with Crippen LogP contribution in [0.25, 0.3) is 89.7 Å². The molecule has 16 rings (SSSR count). The Hall–Kier alpha value is -7.95. The molecule has 14 aromatic rings. The third kappa shape index (κ3) is 22.1. The normalized spacial score (nSPS) is 11.9. The molecule has 0 fully saturated rings. The van der Waals surface area contributed by atoms with E-state index in [0.29, 0.717) is 174 Å². The van der Waals surface area contributed by atoms with Gasteiger partial charge >= 0.3 is 19.5 Å². The molecule has 2 aliphatic rings. The van der Waals surface area contributed by atoms with Gasteiger partial charge in [0.1, 0.15) is 103 Å². The molecule has 8 bridgehead atoms. The molecule has 24 nitrogen and oxygen atoms in total. The van der Waals surface area contributed by atoms with Crippen LogP contribution in [0.4, 0.5) is 34.1 Å². The molecule has 0 saturated heterocycles. The Kier molecular flexibility index (Phi) is 31.0. The molecule has 0 amide bonds. The van der Waals surface area contributed by atoms with Crippen molar-refractivity contribution < 1.29 is 209 Å². The van der Waals surface area contributed by atoms with Gasteiger partial charge in [-0.05, 0) is 152 Å². The average Bonchev–Trinajstić information content (AvgIpc) is 1.59. The fourth-order valence-electron chi connectivity index (χ4n) is 13.7. The molecule has 0 saturated carbocycles. The number of halogens is 6. The van der Waals surface area contributed by atoms with Crippen molar-refractivity contribution in [2.75, 3.05) is 127 Å². The largest absolute Gasteiger partial charge is 2.00 e. The van der Waals surface area contributed by atoms with Gasteiger partial charge in [-0.15, -0.1) is 0 Å². The van der Waals surface area contributed by atoms with Crippen molar-refractivity contribution >= 4 is 88.4 Å². The van der Waals surface area contributed by atoms with Crippen molar-refractivity contribution in [1.82, 2.24) is 66.8 Å². The number of nitrogens with zero attached hydrogens (tertiary/aromatic N) is 12. The van der Waals surface area contributed by atoms with Gasteiger partial charge < -0.3 is 187 Å².